The molecule has 0 bridgehead atoms. The molecule has 6 nitrogen and oxygen atoms in total. The molecule has 27 heavy (non-hydrogen) atoms. The number of ether oxygens (including phenoxy) is 1. The standard InChI is InChI=1S/C21H24N2O4/c1-16-6-4-5-13-22(16)14-18-7-2-3-8-19(18)15-27-21(24)17-9-11-20(12-10-17)23(25)26/h2-3,7-12,16H,4-6,13-15H2,1H3. The molecular weight excluding hydrogens is 344 g/mol. The van der Waals surface area contributed by atoms with Gasteiger partial charge in [-0.25, -0.2) is 4.79 Å². The molecule has 3 rings (SSSR count). The SMILES string of the molecule is CC1CCCCN1Cc1ccccc1COC(=O)c1ccc([N+](=O)[O-])cc1. The fourth-order valence-electron chi connectivity index (χ4n) is 3.41. The zero-order valence-electron chi connectivity index (χ0n) is 15.5. The van der Waals surface area contributed by atoms with E-state index in [0.717, 1.165) is 18.7 Å². The van der Waals surface area contributed by atoms with Crippen molar-refractivity contribution in [2.75, 3.05) is 6.54 Å². The maximum Gasteiger partial charge on any atom is 0.338 e. The molecule has 1 atom stereocenters. The number of likely N-dealkylation sites (tertiary alicyclic amines) is 1. The van der Waals surface area contributed by atoms with Crippen molar-refractivity contribution >= 4 is 11.7 Å². The summed E-state index contributed by atoms with van der Waals surface area (Å²) < 4.78 is 5.44. The summed E-state index contributed by atoms with van der Waals surface area (Å²) in [7, 11) is 0. The van der Waals surface area contributed by atoms with Crippen molar-refractivity contribution in [3.05, 3.63) is 75.3 Å². The second-order valence-electron chi connectivity index (χ2n) is 6.96. The van der Waals surface area contributed by atoms with Crippen LogP contribution < -0.4 is 0 Å². The van der Waals surface area contributed by atoms with Crippen molar-refractivity contribution in [2.24, 2.45) is 0 Å². The van der Waals surface area contributed by atoms with Crippen LogP contribution >= 0.6 is 0 Å². The van der Waals surface area contributed by atoms with E-state index in [0.29, 0.717) is 11.6 Å². The first-order chi connectivity index (χ1) is 13.0. The summed E-state index contributed by atoms with van der Waals surface area (Å²) in [5.74, 6) is -0.481. The lowest BCUT2D eigenvalue weighted by atomic mass is 10.0. The number of piperidine rings is 1. The molecule has 1 saturated heterocycles. The summed E-state index contributed by atoms with van der Waals surface area (Å²) in [5, 5.41) is 10.7. The number of carbonyl (C=O) groups is 1. The minimum Gasteiger partial charge on any atom is -0.457 e. The van der Waals surface area contributed by atoms with Gasteiger partial charge in [0.25, 0.3) is 5.69 Å². The fourth-order valence-corrected chi connectivity index (χ4v) is 3.41. The van der Waals surface area contributed by atoms with Crippen molar-refractivity contribution in [2.45, 2.75) is 45.4 Å². The molecule has 0 N–H and O–H groups in total. The summed E-state index contributed by atoms with van der Waals surface area (Å²) in [6, 6.07) is 14.0. The predicted molar refractivity (Wildman–Crippen MR) is 102 cm³/mol. The van der Waals surface area contributed by atoms with Crippen LogP contribution in [0.3, 0.4) is 0 Å². The lowest BCUT2D eigenvalue weighted by Crippen LogP contribution is -2.37. The highest BCUT2D eigenvalue weighted by Crippen LogP contribution is 2.21. The molecule has 1 heterocycles. The van der Waals surface area contributed by atoms with Crippen molar-refractivity contribution < 1.29 is 14.5 Å². The van der Waals surface area contributed by atoms with Crippen molar-refractivity contribution in [1.29, 1.82) is 0 Å². The summed E-state index contributed by atoms with van der Waals surface area (Å²) in [4.78, 5) is 24.9. The Kier molecular flexibility index (Phi) is 6.19. The molecule has 0 amide bonds. The maximum atomic E-state index is 12.3. The van der Waals surface area contributed by atoms with Crippen molar-refractivity contribution in [1.82, 2.24) is 4.90 Å². The zero-order valence-corrected chi connectivity index (χ0v) is 15.5. The largest absolute Gasteiger partial charge is 0.457 e. The monoisotopic (exact) mass is 368 g/mol. The number of rotatable bonds is 6. The van der Waals surface area contributed by atoms with E-state index in [2.05, 4.69) is 17.9 Å². The third kappa shape index (κ3) is 4.92. The van der Waals surface area contributed by atoms with Gasteiger partial charge in [0.15, 0.2) is 0 Å². The van der Waals surface area contributed by atoms with E-state index in [-0.39, 0.29) is 12.3 Å². The van der Waals surface area contributed by atoms with E-state index in [1.807, 2.05) is 18.2 Å². The average Bonchev–Trinajstić information content (AvgIpc) is 2.69. The molecule has 0 radical (unpaired) electrons. The number of nitrogens with zero attached hydrogens (tertiary/aromatic N) is 2. The van der Waals surface area contributed by atoms with Crippen LogP contribution in [-0.2, 0) is 17.9 Å². The first-order valence-corrected chi connectivity index (χ1v) is 9.27. The second-order valence-corrected chi connectivity index (χ2v) is 6.96. The number of hydrogen-bond acceptors (Lipinski definition) is 5. The van der Waals surface area contributed by atoms with E-state index in [1.54, 1.807) is 0 Å². The van der Waals surface area contributed by atoms with Gasteiger partial charge in [0.1, 0.15) is 6.61 Å². The van der Waals surface area contributed by atoms with Crippen LogP contribution in [0.25, 0.3) is 0 Å². The number of carbonyl (C=O) groups excluding carboxylic acids is 1. The Morgan fingerprint density at radius 1 is 1.15 bits per heavy atom. The van der Waals surface area contributed by atoms with Gasteiger partial charge in [0, 0.05) is 24.7 Å². The Morgan fingerprint density at radius 2 is 1.85 bits per heavy atom. The normalized spacial score (nSPS) is 17.4. The van der Waals surface area contributed by atoms with E-state index >= 15 is 0 Å². The van der Waals surface area contributed by atoms with Gasteiger partial charge < -0.3 is 4.74 Å². The van der Waals surface area contributed by atoms with Gasteiger partial charge in [-0.05, 0) is 49.6 Å². The van der Waals surface area contributed by atoms with Crippen LogP contribution in [0.2, 0.25) is 0 Å². The van der Waals surface area contributed by atoms with Gasteiger partial charge in [-0.15, -0.1) is 0 Å². The van der Waals surface area contributed by atoms with E-state index in [1.165, 1.54) is 49.1 Å². The number of esters is 1. The minimum absolute atomic E-state index is 0.0486. The van der Waals surface area contributed by atoms with Gasteiger partial charge in [0.2, 0.25) is 0 Å². The highest BCUT2D eigenvalue weighted by Gasteiger charge is 2.19. The number of nitro groups is 1. The molecule has 1 aliphatic rings. The molecule has 0 spiro atoms. The molecule has 0 saturated carbocycles. The molecular formula is C21H24N2O4. The third-order valence-electron chi connectivity index (χ3n) is 5.10. The van der Waals surface area contributed by atoms with Gasteiger partial charge >= 0.3 is 5.97 Å². The molecule has 1 unspecified atom stereocenters. The molecule has 2 aromatic rings. The van der Waals surface area contributed by atoms with Crippen LogP contribution in [0.1, 0.15) is 47.7 Å². The Labute approximate surface area is 158 Å². The van der Waals surface area contributed by atoms with Gasteiger partial charge in [-0.1, -0.05) is 30.7 Å². The van der Waals surface area contributed by atoms with Crippen molar-refractivity contribution in [3.8, 4) is 0 Å². The lowest BCUT2D eigenvalue weighted by Gasteiger charge is -2.33. The van der Waals surface area contributed by atoms with E-state index in [4.69, 9.17) is 4.74 Å². The summed E-state index contributed by atoms with van der Waals surface area (Å²) in [6.07, 6.45) is 3.73. The topological polar surface area (TPSA) is 72.7 Å². The van der Waals surface area contributed by atoms with Gasteiger partial charge in [-0.2, -0.15) is 0 Å². The highest BCUT2D eigenvalue weighted by atomic mass is 16.6. The van der Waals surface area contributed by atoms with E-state index in [9.17, 15) is 14.9 Å². The van der Waals surface area contributed by atoms with Gasteiger partial charge in [0.05, 0.1) is 10.5 Å². The summed E-state index contributed by atoms with van der Waals surface area (Å²) in [6.45, 7) is 4.40. The van der Waals surface area contributed by atoms with E-state index < -0.39 is 10.9 Å². The Bertz CT molecular complexity index is 804. The molecule has 2 aromatic carbocycles. The quantitative estimate of drug-likeness (QED) is 0.431. The van der Waals surface area contributed by atoms with Crippen LogP contribution in [0.5, 0.6) is 0 Å². The van der Waals surface area contributed by atoms with Crippen LogP contribution in [0, 0.1) is 10.1 Å². The molecule has 1 aliphatic heterocycles. The predicted octanol–water partition coefficient (Wildman–Crippen LogP) is 4.33. The Morgan fingerprint density at radius 3 is 2.52 bits per heavy atom. The number of nitro benzene ring substituents is 1. The van der Waals surface area contributed by atoms with Crippen LogP contribution in [0.15, 0.2) is 48.5 Å². The van der Waals surface area contributed by atoms with Crippen molar-refractivity contribution in [3.63, 3.8) is 0 Å². The minimum atomic E-state index is -0.493. The Hall–Kier alpha value is -2.73. The Balaban J connectivity index is 1.63. The number of benzene rings is 2. The van der Waals surface area contributed by atoms with Crippen LogP contribution in [0.4, 0.5) is 5.69 Å². The molecule has 142 valence electrons. The fraction of sp³-hybridized carbons (Fsp3) is 0.381. The zero-order chi connectivity index (χ0) is 19.2. The molecule has 6 heteroatoms. The number of hydrogen-bond donors (Lipinski definition) is 0. The molecule has 0 aliphatic carbocycles. The number of non-ortho nitro benzene ring substituents is 1. The smallest absolute Gasteiger partial charge is 0.338 e. The summed E-state index contributed by atoms with van der Waals surface area (Å²) >= 11 is 0. The third-order valence-corrected chi connectivity index (χ3v) is 5.10. The van der Waals surface area contributed by atoms with Gasteiger partial charge in [-0.3, -0.25) is 15.0 Å². The first kappa shape index (κ1) is 19.0. The van der Waals surface area contributed by atoms with Crippen LogP contribution in [-0.4, -0.2) is 28.4 Å². The average molecular weight is 368 g/mol. The highest BCUT2D eigenvalue weighted by molar-refractivity contribution is 5.89. The summed E-state index contributed by atoms with van der Waals surface area (Å²) in [5.41, 5.74) is 2.42. The molecule has 0 aromatic heterocycles. The second kappa shape index (κ2) is 8.77. The molecule has 1 fully saturated rings. The maximum absolute atomic E-state index is 12.3. The lowest BCUT2D eigenvalue weighted by molar-refractivity contribution is -0.384. The first-order valence-electron chi connectivity index (χ1n) is 9.27.